The van der Waals surface area contributed by atoms with Crippen molar-refractivity contribution in [2.24, 2.45) is 23.7 Å². The number of fused-ring (bicyclic) bond motifs is 6. The monoisotopic (exact) mass is 770 g/mol. The number of hydrogen-bond acceptors (Lipinski definition) is 1. The Hall–Kier alpha value is -6.64. The molecule has 0 amide bonds. The first kappa shape index (κ1) is 34.2. The predicted molar refractivity (Wildman–Crippen MR) is 250 cm³/mol. The maximum absolute atomic E-state index is 2.54. The standard InChI is InChI=1S/C58H46N2/c1-2-12-41(13-3-1)48-14-5-9-19-55(48)59(46-27-29-47(30-28-46)60-56-20-10-6-16-50(56)51-17-7-11-21-57(51)60)45-25-22-40(23-26-45)42-24-31-54-52(37-42)49-15-4-8-18-53(49)58(54)43-33-38-32-39(35-43)36-44(58)34-38/h1-31,37-39,43-44H,32-36H2. The minimum Gasteiger partial charge on any atom is -0.310 e. The summed E-state index contributed by atoms with van der Waals surface area (Å²) in [5, 5.41) is 2.55. The molecule has 0 radical (unpaired) electrons. The SMILES string of the molecule is c1ccc(-c2ccccc2N(c2ccc(-c3ccc4c(c3)-c3ccccc3C43C4CC5CC(C4)CC3C5)cc2)c2ccc(-n3c4ccccc4c4ccccc43)cc2)cc1. The summed E-state index contributed by atoms with van der Waals surface area (Å²) >= 11 is 0. The fourth-order valence-corrected chi connectivity index (χ4v) is 13.1. The molecule has 1 aromatic heterocycles. The Bertz CT molecular complexity index is 3020. The van der Waals surface area contributed by atoms with E-state index in [1.807, 2.05) is 0 Å². The van der Waals surface area contributed by atoms with Crippen molar-refractivity contribution < 1.29 is 0 Å². The van der Waals surface area contributed by atoms with Gasteiger partial charge < -0.3 is 9.47 Å². The second kappa shape index (κ2) is 13.2. The number of nitrogens with zero attached hydrogens (tertiary/aromatic N) is 2. The quantitative estimate of drug-likeness (QED) is 0.163. The van der Waals surface area contributed by atoms with Gasteiger partial charge in [-0.05, 0) is 155 Å². The molecule has 60 heavy (non-hydrogen) atoms. The molecule has 2 heteroatoms. The highest BCUT2D eigenvalue weighted by Gasteiger charge is 2.61. The van der Waals surface area contributed by atoms with Crippen molar-refractivity contribution in [1.82, 2.24) is 4.57 Å². The van der Waals surface area contributed by atoms with Crippen LogP contribution in [0.25, 0.3) is 60.9 Å². The van der Waals surface area contributed by atoms with Crippen molar-refractivity contribution >= 4 is 38.9 Å². The lowest BCUT2D eigenvalue weighted by Crippen LogP contribution is -2.55. The zero-order valence-electron chi connectivity index (χ0n) is 33.7. The lowest BCUT2D eigenvalue weighted by molar-refractivity contribution is -0.0399. The van der Waals surface area contributed by atoms with Crippen LogP contribution in [0, 0.1) is 23.7 Å². The lowest BCUT2D eigenvalue weighted by Gasteiger charge is -2.61. The van der Waals surface area contributed by atoms with Crippen LogP contribution < -0.4 is 4.90 Å². The van der Waals surface area contributed by atoms with Crippen LogP contribution in [0.1, 0.15) is 43.2 Å². The lowest BCUT2D eigenvalue weighted by atomic mass is 9.43. The molecular formula is C58H46N2. The second-order valence-corrected chi connectivity index (χ2v) is 18.1. The predicted octanol–water partition coefficient (Wildman–Crippen LogP) is 15.3. The first-order chi connectivity index (χ1) is 29.7. The fourth-order valence-electron chi connectivity index (χ4n) is 13.1. The number of rotatable bonds is 6. The van der Waals surface area contributed by atoms with Crippen molar-refractivity contribution in [3.05, 3.63) is 205 Å². The molecule has 0 N–H and O–H groups in total. The number of aromatic nitrogens is 1. The Balaban J connectivity index is 0.910. The van der Waals surface area contributed by atoms with E-state index in [0.29, 0.717) is 0 Å². The Labute approximate surface area is 352 Å². The van der Waals surface area contributed by atoms with Gasteiger partial charge in [0.2, 0.25) is 0 Å². The minimum absolute atomic E-state index is 0.200. The van der Waals surface area contributed by atoms with Gasteiger partial charge in [0, 0.05) is 38.8 Å². The zero-order chi connectivity index (χ0) is 39.4. The van der Waals surface area contributed by atoms with Gasteiger partial charge in [0.25, 0.3) is 0 Å². The first-order valence-electron chi connectivity index (χ1n) is 22.1. The molecule has 0 saturated heterocycles. The van der Waals surface area contributed by atoms with Crippen LogP contribution in [-0.4, -0.2) is 4.57 Å². The third-order valence-corrected chi connectivity index (χ3v) is 15.2. The topological polar surface area (TPSA) is 8.17 Å². The van der Waals surface area contributed by atoms with Crippen molar-refractivity contribution in [3.63, 3.8) is 0 Å². The summed E-state index contributed by atoms with van der Waals surface area (Å²) in [6.45, 7) is 0. The molecular weight excluding hydrogens is 725 g/mol. The Morgan fingerprint density at radius 2 is 0.933 bits per heavy atom. The average molecular weight is 771 g/mol. The smallest absolute Gasteiger partial charge is 0.0541 e. The summed E-state index contributed by atoms with van der Waals surface area (Å²) < 4.78 is 2.39. The van der Waals surface area contributed by atoms with Crippen LogP contribution in [0.4, 0.5) is 17.1 Å². The number of hydrogen-bond donors (Lipinski definition) is 0. The van der Waals surface area contributed by atoms with E-state index in [4.69, 9.17) is 0 Å². The summed E-state index contributed by atoms with van der Waals surface area (Å²) in [6, 6.07) is 72.5. The molecule has 4 bridgehead atoms. The molecule has 14 rings (SSSR count). The zero-order valence-corrected chi connectivity index (χ0v) is 33.7. The van der Waals surface area contributed by atoms with Crippen molar-refractivity contribution in [2.75, 3.05) is 4.90 Å². The normalized spacial score (nSPS) is 22.1. The Morgan fingerprint density at radius 3 is 1.62 bits per heavy atom. The summed E-state index contributed by atoms with van der Waals surface area (Å²) in [5.74, 6) is 3.46. The summed E-state index contributed by atoms with van der Waals surface area (Å²) in [6.07, 6.45) is 7.14. The van der Waals surface area contributed by atoms with Gasteiger partial charge in [-0.3, -0.25) is 0 Å². The van der Waals surface area contributed by atoms with Gasteiger partial charge in [0.15, 0.2) is 0 Å². The number of benzene rings is 8. The summed E-state index contributed by atoms with van der Waals surface area (Å²) in [7, 11) is 0. The molecule has 0 atom stereocenters. The van der Waals surface area contributed by atoms with Crippen LogP contribution in [0.5, 0.6) is 0 Å². The molecule has 8 aromatic carbocycles. The van der Waals surface area contributed by atoms with Crippen LogP contribution in [0.15, 0.2) is 194 Å². The Kier molecular flexibility index (Phi) is 7.52. The van der Waals surface area contributed by atoms with Crippen LogP contribution in [0.2, 0.25) is 0 Å². The number of anilines is 3. The van der Waals surface area contributed by atoms with Gasteiger partial charge in [-0.15, -0.1) is 0 Å². The summed E-state index contributed by atoms with van der Waals surface area (Å²) in [5.41, 5.74) is 18.3. The highest BCUT2D eigenvalue weighted by atomic mass is 15.1. The molecule has 2 nitrogen and oxygen atoms in total. The third-order valence-electron chi connectivity index (χ3n) is 15.2. The highest BCUT2D eigenvalue weighted by Crippen LogP contribution is 2.69. The molecule has 4 saturated carbocycles. The minimum atomic E-state index is 0.200. The molecule has 288 valence electrons. The van der Waals surface area contributed by atoms with Crippen molar-refractivity contribution in [1.29, 1.82) is 0 Å². The molecule has 1 spiro atoms. The molecule has 5 aliphatic rings. The third kappa shape index (κ3) is 4.94. The van der Waals surface area contributed by atoms with E-state index >= 15 is 0 Å². The first-order valence-corrected chi connectivity index (χ1v) is 22.1. The molecule has 4 fully saturated rings. The van der Waals surface area contributed by atoms with Crippen LogP contribution >= 0.6 is 0 Å². The van der Waals surface area contributed by atoms with Crippen molar-refractivity contribution in [3.8, 4) is 39.1 Å². The Morgan fingerprint density at radius 1 is 0.400 bits per heavy atom. The van der Waals surface area contributed by atoms with E-state index < -0.39 is 0 Å². The van der Waals surface area contributed by atoms with E-state index in [0.717, 1.165) is 46.4 Å². The average Bonchev–Trinajstić information content (AvgIpc) is 3.80. The van der Waals surface area contributed by atoms with Gasteiger partial charge >= 0.3 is 0 Å². The second-order valence-electron chi connectivity index (χ2n) is 18.1. The van der Waals surface area contributed by atoms with Gasteiger partial charge in [-0.1, -0.05) is 133 Å². The van der Waals surface area contributed by atoms with E-state index in [2.05, 4.69) is 204 Å². The van der Waals surface area contributed by atoms with Gasteiger partial charge in [-0.2, -0.15) is 0 Å². The van der Waals surface area contributed by atoms with Crippen molar-refractivity contribution in [2.45, 2.75) is 37.5 Å². The molecule has 0 unspecified atom stereocenters. The van der Waals surface area contributed by atoms with E-state index in [-0.39, 0.29) is 5.41 Å². The van der Waals surface area contributed by atoms with Crippen LogP contribution in [0.3, 0.4) is 0 Å². The summed E-state index contributed by atoms with van der Waals surface area (Å²) in [4.78, 5) is 2.43. The van der Waals surface area contributed by atoms with Gasteiger partial charge in [0.1, 0.15) is 0 Å². The molecule has 5 aliphatic carbocycles. The molecule has 9 aromatic rings. The maximum Gasteiger partial charge on any atom is 0.0541 e. The maximum atomic E-state index is 2.54. The molecule has 1 heterocycles. The van der Waals surface area contributed by atoms with Gasteiger partial charge in [0.05, 0.1) is 16.7 Å². The van der Waals surface area contributed by atoms with Crippen LogP contribution in [-0.2, 0) is 5.41 Å². The largest absolute Gasteiger partial charge is 0.310 e. The highest BCUT2D eigenvalue weighted by molar-refractivity contribution is 6.09. The van der Waals surface area contributed by atoms with Gasteiger partial charge in [-0.25, -0.2) is 0 Å². The van der Waals surface area contributed by atoms with E-state index in [9.17, 15) is 0 Å². The fraction of sp³-hybridized carbons (Fsp3) is 0.172. The molecule has 0 aliphatic heterocycles. The van der Waals surface area contributed by atoms with E-state index in [1.165, 1.54) is 87.3 Å². The van der Waals surface area contributed by atoms with E-state index in [1.54, 1.807) is 11.1 Å². The number of para-hydroxylation sites is 3.